The maximum Gasteiger partial charge on any atom is 0.124 e. The molecule has 2 aromatic rings. The number of hydrogen-bond donors (Lipinski definition) is 1. The fourth-order valence-corrected chi connectivity index (χ4v) is 3.59. The van der Waals surface area contributed by atoms with Crippen molar-refractivity contribution in [3.8, 4) is 0 Å². The van der Waals surface area contributed by atoms with Crippen molar-refractivity contribution in [1.29, 1.82) is 0 Å². The van der Waals surface area contributed by atoms with E-state index in [9.17, 15) is 4.39 Å². The molecule has 0 saturated heterocycles. The molecule has 0 fully saturated rings. The minimum Gasteiger partial charge on any atom is -0.306 e. The molecule has 2 rings (SSSR count). The van der Waals surface area contributed by atoms with Gasteiger partial charge in [0.2, 0.25) is 0 Å². The summed E-state index contributed by atoms with van der Waals surface area (Å²) in [5.41, 5.74) is 2.16. The van der Waals surface area contributed by atoms with E-state index in [1.807, 2.05) is 0 Å². The van der Waals surface area contributed by atoms with Gasteiger partial charge in [-0.05, 0) is 56.1 Å². The fourth-order valence-electron chi connectivity index (χ4n) is 2.35. The van der Waals surface area contributed by atoms with Gasteiger partial charge in [0, 0.05) is 14.8 Å². The minimum atomic E-state index is -0.300. The van der Waals surface area contributed by atoms with Gasteiger partial charge in [0.15, 0.2) is 0 Å². The molecule has 0 amide bonds. The summed E-state index contributed by atoms with van der Waals surface area (Å²) in [5, 5.41) is 3.99. The third kappa shape index (κ3) is 3.40. The van der Waals surface area contributed by atoms with Crippen LogP contribution in [0.2, 0.25) is 5.02 Å². The van der Waals surface area contributed by atoms with Crippen molar-refractivity contribution in [2.45, 2.75) is 33.2 Å². The average Bonchev–Trinajstić information content (AvgIpc) is 2.71. The highest BCUT2D eigenvalue weighted by Gasteiger charge is 2.20. The third-order valence-electron chi connectivity index (χ3n) is 3.26. The maximum absolute atomic E-state index is 13.2. The van der Waals surface area contributed by atoms with E-state index >= 15 is 0 Å². The molecule has 20 heavy (non-hydrogen) atoms. The average molecular weight is 312 g/mol. The van der Waals surface area contributed by atoms with Gasteiger partial charge in [0.1, 0.15) is 5.82 Å². The molecule has 1 aromatic carbocycles. The van der Waals surface area contributed by atoms with E-state index in [0.717, 1.165) is 18.5 Å². The topological polar surface area (TPSA) is 12.0 Å². The van der Waals surface area contributed by atoms with Crippen LogP contribution >= 0.6 is 22.9 Å². The largest absolute Gasteiger partial charge is 0.306 e. The first-order valence-corrected chi connectivity index (χ1v) is 7.97. The molecule has 1 aromatic heterocycles. The highest BCUT2D eigenvalue weighted by Crippen LogP contribution is 2.34. The summed E-state index contributed by atoms with van der Waals surface area (Å²) >= 11 is 8.01. The van der Waals surface area contributed by atoms with Gasteiger partial charge < -0.3 is 5.32 Å². The SMILES string of the molecule is CCCNC(c1ccc(F)cc1Cl)c1cc(C)sc1C. The lowest BCUT2D eigenvalue weighted by molar-refractivity contribution is 0.592. The molecule has 0 radical (unpaired) electrons. The summed E-state index contributed by atoms with van der Waals surface area (Å²) in [7, 11) is 0. The van der Waals surface area contributed by atoms with Crippen LogP contribution in [-0.4, -0.2) is 6.54 Å². The molecule has 1 heterocycles. The minimum absolute atomic E-state index is 0.0213. The standard InChI is InChI=1S/C16H19ClFNS/c1-4-7-19-16(14-8-10(2)20-11(14)3)13-6-5-12(18)9-15(13)17/h5-6,8-9,16,19H,4,7H2,1-3H3. The van der Waals surface area contributed by atoms with Crippen LogP contribution < -0.4 is 5.32 Å². The molecule has 0 bridgehead atoms. The molecule has 0 spiro atoms. The van der Waals surface area contributed by atoms with Crippen LogP contribution in [0, 0.1) is 19.7 Å². The molecular weight excluding hydrogens is 293 g/mol. The molecule has 1 atom stereocenters. The highest BCUT2D eigenvalue weighted by atomic mass is 35.5. The van der Waals surface area contributed by atoms with Gasteiger partial charge in [-0.15, -0.1) is 11.3 Å². The Morgan fingerprint density at radius 2 is 2.00 bits per heavy atom. The Bertz CT molecular complexity index is 594. The highest BCUT2D eigenvalue weighted by molar-refractivity contribution is 7.12. The summed E-state index contributed by atoms with van der Waals surface area (Å²) in [6.07, 6.45) is 1.04. The molecule has 0 aliphatic rings. The molecular formula is C16H19ClFNS. The van der Waals surface area contributed by atoms with Crippen LogP contribution in [0.5, 0.6) is 0 Å². The van der Waals surface area contributed by atoms with Gasteiger partial charge in [-0.2, -0.15) is 0 Å². The van der Waals surface area contributed by atoms with E-state index in [1.165, 1.54) is 27.5 Å². The Morgan fingerprint density at radius 3 is 2.55 bits per heavy atom. The predicted molar refractivity (Wildman–Crippen MR) is 85.3 cm³/mol. The Balaban J connectivity index is 2.44. The summed E-state index contributed by atoms with van der Waals surface area (Å²) in [6.45, 7) is 7.24. The number of halogens is 2. The van der Waals surface area contributed by atoms with Crippen LogP contribution in [0.25, 0.3) is 0 Å². The van der Waals surface area contributed by atoms with Crippen molar-refractivity contribution >= 4 is 22.9 Å². The maximum atomic E-state index is 13.2. The Labute approximate surface area is 128 Å². The zero-order chi connectivity index (χ0) is 14.7. The second-order valence-electron chi connectivity index (χ2n) is 4.92. The lowest BCUT2D eigenvalue weighted by Gasteiger charge is -2.20. The van der Waals surface area contributed by atoms with Gasteiger partial charge in [-0.1, -0.05) is 24.6 Å². The van der Waals surface area contributed by atoms with E-state index in [0.29, 0.717) is 5.02 Å². The normalized spacial score (nSPS) is 12.7. The van der Waals surface area contributed by atoms with E-state index in [-0.39, 0.29) is 11.9 Å². The first kappa shape index (κ1) is 15.5. The Hall–Kier alpha value is -0.900. The van der Waals surface area contributed by atoms with Gasteiger partial charge in [0.25, 0.3) is 0 Å². The molecule has 1 N–H and O–H groups in total. The van der Waals surface area contributed by atoms with Gasteiger partial charge in [-0.3, -0.25) is 0 Å². The quantitative estimate of drug-likeness (QED) is 0.795. The molecule has 108 valence electrons. The zero-order valence-electron chi connectivity index (χ0n) is 12.0. The molecule has 1 unspecified atom stereocenters. The van der Waals surface area contributed by atoms with Crippen LogP contribution in [0.4, 0.5) is 4.39 Å². The zero-order valence-corrected chi connectivity index (χ0v) is 13.5. The second-order valence-corrected chi connectivity index (χ2v) is 6.79. The van der Waals surface area contributed by atoms with Crippen molar-refractivity contribution in [3.63, 3.8) is 0 Å². The van der Waals surface area contributed by atoms with Gasteiger partial charge >= 0.3 is 0 Å². The van der Waals surface area contributed by atoms with Crippen molar-refractivity contribution in [3.05, 3.63) is 56.0 Å². The van der Waals surface area contributed by atoms with Gasteiger partial charge in [-0.25, -0.2) is 4.39 Å². The molecule has 0 saturated carbocycles. The van der Waals surface area contributed by atoms with Crippen LogP contribution in [0.15, 0.2) is 24.3 Å². The smallest absolute Gasteiger partial charge is 0.124 e. The number of nitrogens with one attached hydrogen (secondary N) is 1. The Morgan fingerprint density at radius 1 is 1.25 bits per heavy atom. The van der Waals surface area contributed by atoms with Crippen LogP contribution in [-0.2, 0) is 0 Å². The van der Waals surface area contributed by atoms with Crippen molar-refractivity contribution in [1.82, 2.24) is 5.32 Å². The summed E-state index contributed by atoms with van der Waals surface area (Å²) in [5.74, 6) is -0.300. The summed E-state index contributed by atoms with van der Waals surface area (Å²) in [6, 6.07) is 6.83. The summed E-state index contributed by atoms with van der Waals surface area (Å²) < 4.78 is 13.2. The molecule has 0 aliphatic carbocycles. The third-order valence-corrected chi connectivity index (χ3v) is 4.57. The van der Waals surface area contributed by atoms with Crippen LogP contribution in [0.3, 0.4) is 0 Å². The van der Waals surface area contributed by atoms with Crippen molar-refractivity contribution in [2.75, 3.05) is 6.54 Å². The van der Waals surface area contributed by atoms with E-state index in [1.54, 1.807) is 17.4 Å². The molecule has 0 aliphatic heterocycles. The first-order valence-electron chi connectivity index (χ1n) is 6.78. The number of aryl methyl sites for hydroxylation is 2. The fraction of sp³-hybridized carbons (Fsp3) is 0.375. The summed E-state index contributed by atoms with van der Waals surface area (Å²) in [4.78, 5) is 2.55. The lowest BCUT2D eigenvalue weighted by atomic mass is 9.98. The first-order chi connectivity index (χ1) is 9.52. The lowest BCUT2D eigenvalue weighted by Crippen LogP contribution is -2.23. The van der Waals surface area contributed by atoms with Gasteiger partial charge in [0.05, 0.1) is 6.04 Å². The monoisotopic (exact) mass is 311 g/mol. The van der Waals surface area contributed by atoms with Crippen molar-refractivity contribution in [2.24, 2.45) is 0 Å². The second kappa shape index (κ2) is 6.70. The van der Waals surface area contributed by atoms with E-state index in [2.05, 4.69) is 32.2 Å². The number of hydrogen-bond acceptors (Lipinski definition) is 2. The predicted octanol–water partition coefficient (Wildman–Crippen LogP) is 5.25. The number of benzene rings is 1. The number of rotatable bonds is 5. The van der Waals surface area contributed by atoms with Crippen LogP contribution in [0.1, 0.15) is 40.3 Å². The van der Waals surface area contributed by atoms with E-state index in [4.69, 9.17) is 11.6 Å². The molecule has 4 heteroatoms. The van der Waals surface area contributed by atoms with Crippen molar-refractivity contribution < 1.29 is 4.39 Å². The number of thiophene rings is 1. The Kier molecular flexibility index (Phi) is 5.19. The molecule has 1 nitrogen and oxygen atoms in total. The van der Waals surface area contributed by atoms with E-state index < -0.39 is 0 Å².